The summed E-state index contributed by atoms with van der Waals surface area (Å²) in [7, 11) is -10.4. The number of nitrogens with one attached hydrogen (secondary N) is 3. The molecule has 87 heavy (non-hydrogen) atoms. The highest BCUT2D eigenvalue weighted by atomic mass is 35.7. The van der Waals surface area contributed by atoms with E-state index in [2.05, 4.69) is 35.9 Å². The molecule has 0 unspecified atom stereocenters. The second-order valence-electron chi connectivity index (χ2n) is 19.4. The number of hydrogen-bond donors (Lipinski definition) is 3. The molecule has 6 heterocycles. The van der Waals surface area contributed by atoms with Crippen LogP contribution in [-0.2, 0) is 39.1 Å². The van der Waals surface area contributed by atoms with Gasteiger partial charge in [0.2, 0.25) is 21.9 Å². The predicted octanol–water partition coefficient (Wildman–Crippen LogP) is 10.1. The lowest BCUT2D eigenvalue weighted by atomic mass is 10.1. The molecular weight excluding hydrogens is 1270 g/mol. The first-order valence-electron chi connectivity index (χ1n) is 26.1. The molecule has 0 bridgehead atoms. The number of sulfonamides is 1. The summed E-state index contributed by atoms with van der Waals surface area (Å²) in [6, 6.07) is 39.8. The highest BCUT2D eigenvalue weighted by Crippen LogP contribution is 2.38. The molecule has 4 aromatic heterocycles. The molecule has 2 fully saturated rings. The number of nitrogens with zero attached hydrogens (tertiary/aromatic N) is 9. The van der Waals surface area contributed by atoms with Crippen molar-refractivity contribution in [2.75, 3.05) is 36.8 Å². The number of fused-ring (bicyclic) bond motifs is 2. The van der Waals surface area contributed by atoms with Gasteiger partial charge in [0.15, 0.2) is 0 Å². The van der Waals surface area contributed by atoms with E-state index in [-0.39, 0.29) is 67.1 Å². The quantitative estimate of drug-likeness (QED) is 0.0488. The molecule has 6 aromatic carbocycles. The average molecular weight is 1310 g/mol. The average Bonchev–Trinajstić information content (AvgIpc) is 1.75. The third kappa shape index (κ3) is 13.4. The van der Waals surface area contributed by atoms with E-state index in [0.29, 0.717) is 56.3 Å². The van der Waals surface area contributed by atoms with Gasteiger partial charge < -0.3 is 16.0 Å². The first kappa shape index (κ1) is 61.6. The maximum Gasteiger partial charge on any atom is 0.269 e. The van der Waals surface area contributed by atoms with Gasteiger partial charge in [-0.15, -0.1) is 0 Å². The lowest BCUT2D eigenvalue weighted by Crippen LogP contribution is -2.32. The summed E-state index contributed by atoms with van der Waals surface area (Å²) in [6.45, 7) is 2.14. The van der Waals surface area contributed by atoms with Crippen molar-refractivity contribution in [3.63, 3.8) is 0 Å². The highest BCUT2D eigenvalue weighted by Gasteiger charge is 2.34. The third-order valence-electron chi connectivity index (χ3n) is 13.8. The lowest BCUT2D eigenvalue weighted by Gasteiger charge is -2.17. The number of aromatic nitrogens is 6. The van der Waals surface area contributed by atoms with Crippen molar-refractivity contribution in [2.24, 2.45) is 0 Å². The van der Waals surface area contributed by atoms with Crippen molar-refractivity contribution in [3.05, 3.63) is 213 Å². The summed E-state index contributed by atoms with van der Waals surface area (Å²) < 4.78 is 105. The Kier molecular flexibility index (Phi) is 18.0. The number of rotatable bonds is 15. The Balaban J connectivity index is 0.000000165. The molecule has 2 aliphatic heterocycles. The minimum atomic E-state index is -3.93. The highest BCUT2D eigenvalue weighted by molar-refractivity contribution is 8.13. The molecule has 3 N–H and O–H groups in total. The normalized spacial score (nSPS) is 15.5. The van der Waals surface area contributed by atoms with Crippen molar-refractivity contribution >= 4 is 118 Å². The van der Waals surface area contributed by atoms with Crippen LogP contribution in [0, 0.1) is 20.2 Å². The monoisotopic (exact) mass is 1310 g/mol. The Morgan fingerprint density at radius 3 is 1.36 bits per heavy atom. The Labute approximate surface area is 512 Å². The zero-order chi connectivity index (χ0) is 61.8. The van der Waals surface area contributed by atoms with Gasteiger partial charge >= 0.3 is 0 Å². The lowest BCUT2D eigenvalue weighted by molar-refractivity contribution is -0.385. The molecule has 448 valence electrons. The predicted molar refractivity (Wildman–Crippen MR) is 329 cm³/mol. The van der Waals surface area contributed by atoms with Gasteiger partial charge in [-0.3, -0.25) is 20.2 Å². The number of para-hydroxylation sites is 2. The number of halogens is 3. The molecule has 0 saturated carbocycles. The Hall–Kier alpha value is -8.45. The smallest absolute Gasteiger partial charge is 0.269 e. The van der Waals surface area contributed by atoms with Gasteiger partial charge in [-0.2, -0.15) is 4.31 Å². The number of benzene rings is 6. The molecule has 0 spiro atoms. The fourth-order valence-electron chi connectivity index (χ4n) is 9.56. The van der Waals surface area contributed by atoms with E-state index >= 15 is 0 Å². The van der Waals surface area contributed by atoms with Crippen LogP contribution in [0.1, 0.15) is 12.8 Å². The minimum absolute atomic E-state index is 0.0365. The van der Waals surface area contributed by atoms with Crippen LogP contribution in [-0.4, -0.2) is 114 Å². The Morgan fingerprint density at radius 1 is 0.517 bits per heavy atom. The SMILES string of the molecule is O=S(=O)(c1ccccc1)n1cc(-c2nc(N[C@@H]3CCNC3)ncc2Cl)c2ccccc21.O=[N+]([O-])c1ccc(S(=O)(=O)Cl)cc1.O=[N+]([O-])c1ccc(S(=O)(=O)N2CC[C@@H](Nc3ncc(Cl)c(-c4cn(S(=O)(=O)c5ccccc5)c5ccccc45)n3)C2)cc1. The fourth-order valence-corrected chi connectivity index (χ4v) is 15.0. The molecule has 31 heteroatoms. The first-order chi connectivity index (χ1) is 41.5. The van der Waals surface area contributed by atoms with E-state index in [1.54, 1.807) is 91.3 Å². The molecule has 0 amide bonds. The van der Waals surface area contributed by atoms with Crippen molar-refractivity contribution in [3.8, 4) is 22.5 Å². The second kappa shape index (κ2) is 25.5. The number of nitro benzene ring substituents is 2. The second-order valence-corrected chi connectivity index (χ2v) is 28.3. The van der Waals surface area contributed by atoms with Crippen LogP contribution in [0.3, 0.4) is 0 Å². The molecule has 2 aliphatic rings. The van der Waals surface area contributed by atoms with Gasteiger partial charge in [0.1, 0.15) is 0 Å². The standard InChI is InChI=1S/C28H23ClN6O6S2.C22H20ClN5O2S.C6H4ClNO4S/c29-25-16-30-28(31-19-14-15-33(17-19)42(38,39)22-12-10-20(11-13-22)35(36)37)32-27(25)24-18-34(26-9-5-4-8-23(24)26)43(40,41)21-6-2-1-3-7-21;23-19-13-25-22(26-15-10-11-24-12-15)27-21(19)18-14-28(20-9-5-4-8-17(18)20)31(29,30)16-6-2-1-3-7-16;7-13(11,12)6-3-1-5(2-4-6)8(9)10/h1-13,16,18-19H,14-15,17H2,(H,30,31,32);1-9,13-15,24H,10-12H2,(H,25,26,27);1-4H/t19-;15-;/m11./s1. The molecule has 0 radical (unpaired) electrons. The van der Waals surface area contributed by atoms with Crippen LogP contribution in [0.25, 0.3) is 44.3 Å². The maximum atomic E-state index is 13.5. The summed E-state index contributed by atoms with van der Waals surface area (Å²) in [5.41, 5.74) is 2.56. The summed E-state index contributed by atoms with van der Waals surface area (Å²) >= 11 is 13.0. The summed E-state index contributed by atoms with van der Waals surface area (Å²) in [5, 5.41) is 32.8. The zero-order valence-electron chi connectivity index (χ0n) is 44.9. The third-order valence-corrected chi connectivity index (χ3v) is 21.0. The van der Waals surface area contributed by atoms with Crippen molar-refractivity contribution < 1.29 is 43.5 Å². The van der Waals surface area contributed by atoms with Crippen LogP contribution in [0.2, 0.25) is 10.0 Å². The number of non-ortho nitro benzene ring substituents is 2. The molecular formula is C56H47Cl3N12O12S4. The molecule has 0 aliphatic carbocycles. The van der Waals surface area contributed by atoms with E-state index in [1.807, 2.05) is 18.2 Å². The molecule has 24 nitrogen and oxygen atoms in total. The first-order valence-corrected chi connectivity index (χ1v) is 33.4. The number of anilines is 2. The van der Waals surface area contributed by atoms with Gasteiger partial charge in [0, 0.05) is 101 Å². The van der Waals surface area contributed by atoms with Crippen LogP contribution in [0.15, 0.2) is 202 Å². The molecule has 10 aromatic rings. The summed E-state index contributed by atoms with van der Waals surface area (Å²) in [6.07, 6.45) is 7.47. The van der Waals surface area contributed by atoms with Gasteiger partial charge in [0.05, 0.1) is 74.3 Å². The molecule has 2 atom stereocenters. The Morgan fingerprint density at radius 2 is 0.931 bits per heavy atom. The van der Waals surface area contributed by atoms with Crippen molar-refractivity contribution in [1.82, 2.24) is 37.5 Å². The van der Waals surface area contributed by atoms with Gasteiger partial charge in [-0.25, -0.2) is 61.6 Å². The van der Waals surface area contributed by atoms with Gasteiger partial charge in [-0.05, 0) is 80.1 Å². The van der Waals surface area contributed by atoms with Crippen LogP contribution in [0.5, 0.6) is 0 Å². The topological polar surface area (TPSA) is 324 Å². The van der Waals surface area contributed by atoms with Gasteiger partial charge in [-0.1, -0.05) is 96.0 Å². The molecule has 2 saturated heterocycles. The largest absolute Gasteiger partial charge is 0.350 e. The minimum Gasteiger partial charge on any atom is -0.350 e. The van der Waals surface area contributed by atoms with E-state index in [1.165, 1.54) is 48.9 Å². The van der Waals surface area contributed by atoms with E-state index in [0.717, 1.165) is 61.3 Å². The maximum absolute atomic E-state index is 13.5. The summed E-state index contributed by atoms with van der Waals surface area (Å²) in [4.78, 5) is 37.9. The van der Waals surface area contributed by atoms with E-state index < -0.39 is 49.0 Å². The van der Waals surface area contributed by atoms with E-state index in [4.69, 9.17) is 33.9 Å². The van der Waals surface area contributed by atoms with Crippen LogP contribution in [0.4, 0.5) is 23.3 Å². The summed E-state index contributed by atoms with van der Waals surface area (Å²) in [5.74, 6) is 0.664. The van der Waals surface area contributed by atoms with Crippen molar-refractivity contribution in [2.45, 2.75) is 44.5 Å². The van der Waals surface area contributed by atoms with Crippen molar-refractivity contribution in [1.29, 1.82) is 0 Å². The van der Waals surface area contributed by atoms with E-state index in [9.17, 15) is 53.9 Å². The van der Waals surface area contributed by atoms with Crippen LogP contribution < -0.4 is 16.0 Å². The van der Waals surface area contributed by atoms with Gasteiger partial charge in [0.25, 0.3) is 40.5 Å². The number of nitro groups is 2. The zero-order valence-corrected chi connectivity index (χ0v) is 50.4. The van der Waals surface area contributed by atoms with Crippen LogP contribution >= 0.6 is 33.9 Å². The fraction of sp³-hybridized carbons (Fsp3) is 0.143. The number of hydrogen-bond acceptors (Lipinski definition) is 19. The molecule has 12 rings (SSSR count). The Bertz CT molecular complexity index is 4700.